The molecule has 1 atom stereocenters. The molecule has 0 radical (unpaired) electrons. The lowest BCUT2D eigenvalue weighted by Gasteiger charge is -2.11. The van der Waals surface area contributed by atoms with Crippen LogP contribution in [0.2, 0.25) is 0 Å². The normalized spacial score (nSPS) is 22.2. The van der Waals surface area contributed by atoms with E-state index in [2.05, 4.69) is 39.4 Å². The molecule has 70 valence electrons. The molecule has 13 heavy (non-hydrogen) atoms. The Morgan fingerprint density at radius 2 is 2.31 bits per heavy atom. The van der Waals surface area contributed by atoms with E-state index in [-0.39, 0.29) is 6.04 Å². The van der Waals surface area contributed by atoms with E-state index in [1.165, 1.54) is 11.1 Å². The predicted molar refractivity (Wildman–Crippen MR) is 57.4 cm³/mol. The van der Waals surface area contributed by atoms with Crippen LogP contribution in [0.4, 0.5) is 0 Å². The van der Waals surface area contributed by atoms with E-state index in [4.69, 9.17) is 5.73 Å². The molecule has 1 unspecified atom stereocenters. The van der Waals surface area contributed by atoms with E-state index >= 15 is 0 Å². The number of hydrogen-bond acceptors (Lipinski definition) is 2. The van der Waals surface area contributed by atoms with Gasteiger partial charge in [-0.2, -0.15) is 0 Å². The lowest BCUT2D eigenvalue weighted by atomic mass is 10.0. The molecule has 1 aliphatic heterocycles. The molecule has 0 saturated heterocycles. The summed E-state index contributed by atoms with van der Waals surface area (Å²) in [6.45, 7) is 1.94. The van der Waals surface area contributed by atoms with Gasteiger partial charge in [0.1, 0.15) is 0 Å². The quantitative estimate of drug-likeness (QED) is 0.728. The third kappa shape index (κ3) is 1.93. The molecule has 0 aliphatic carbocycles. The van der Waals surface area contributed by atoms with E-state index < -0.39 is 0 Å². The lowest BCUT2D eigenvalue weighted by molar-refractivity contribution is 0.614. The first kappa shape index (κ1) is 9.19. The molecule has 3 N–H and O–H groups in total. The molecule has 1 aliphatic rings. The largest absolute Gasteiger partial charge is 0.324 e. The van der Waals surface area contributed by atoms with Gasteiger partial charge in [0.25, 0.3) is 0 Å². The Morgan fingerprint density at radius 3 is 3.15 bits per heavy atom. The van der Waals surface area contributed by atoms with E-state index in [1.54, 1.807) is 0 Å². The van der Waals surface area contributed by atoms with E-state index in [0.717, 1.165) is 24.0 Å². The van der Waals surface area contributed by atoms with Crippen LogP contribution in [0.15, 0.2) is 22.7 Å². The van der Waals surface area contributed by atoms with Gasteiger partial charge in [-0.1, -0.05) is 22.0 Å². The van der Waals surface area contributed by atoms with Gasteiger partial charge >= 0.3 is 0 Å². The smallest absolute Gasteiger partial charge is 0.0310 e. The first-order valence-corrected chi connectivity index (χ1v) is 5.31. The van der Waals surface area contributed by atoms with Crippen LogP contribution in [-0.4, -0.2) is 6.54 Å². The van der Waals surface area contributed by atoms with Crippen LogP contribution in [0, 0.1) is 0 Å². The van der Waals surface area contributed by atoms with Gasteiger partial charge in [0.05, 0.1) is 0 Å². The first-order valence-electron chi connectivity index (χ1n) is 4.52. The molecule has 1 aromatic carbocycles. The highest BCUT2D eigenvalue weighted by Crippen LogP contribution is 2.24. The van der Waals surface area contributed by atoms with Crippen LogP contribution in [-0.2, 0) is 6.54 Å². The Balaban J connectivity index is 2.42. The van der Waals surface area contributed by atoms with Gasteiger partial charge in [-0.25, -0.2) is 0 Å². The number of fused-ring (bicyclic) bond motifs is 1. The standard InChI is InChI=1S/C10H13BrN2/c11-8-1-2-9-7(5-8)6-13-4-3-10(9)12/h1-2,5,10,13H,3-4,6,12H2. The van der Waals surface area contributed by atoms with Crippen LogP contribution in [0.1, 0.15) is 23.6 Å². The second-order valence-corrected chi connectivity index (χ2v) is 4.33. The Kier molecular flexibility index (Phi) is 2.67. The molecule has 2 nitrogen and oxygen atoms in total. The van der Waals surface area contributed by atoms with Crippen molar-refractivity contribution < 1.29 is 0 Å². The second kappa shape index (κ2) is 3.78. The fourth-order valence-corrected chi connectivity index (χ4v) is 2.13. The number of hydrogen-bond donors (Lipinski definition) is 2. The average molecular weight is 241 g/mol. The molecule has 0 fully saturated rings. The summed E-state index contributed by atoms with van der Waals surface area (Å²) in [7, 11) is 0. The third-order valence-electron chi connectivity index (χ3n) is 2.45. The van der Waals surface area contributed by atoms with Crippen molar-refractivity contribution in [3.8, 4) is 0 Å². The molecule has 0 spiro atoms. The maximum Gasteiger partial charge on any atom is 0.0310 e. The van der Waals surface area contributed by atoms with Crippen LogP contribution >= 0.6 is 15.9 Å². The molecule has 0 amide bonds. The Hall–Kier alpha value is -0.380. The van der Waals surface area contributed by atoms with Crippen LogP contribution in [0.5, 0.6) is 0 Å². The highest BCUT2D eigenvalue weighted by molar-refractivity contribution is 9.10. The van der Waals surface area contributed by atoms with Crippen molar-refractivity contribution in [2.24, 2.45) is 5.73 Å². The summed E-state index contributed by atoms with van der Waals surface area (Å²) in [6.07, 6.45) is 1.02. The zero-order valence-corrected chi connectivity index (χ0v) is 8.97. The summed E-state index contributed by atoms with van der Waals surface area (Å²) in [6, 6.07) is 6.52. The minimum absolute atomic E-state index is 0.193. The maximum absolute atomic E-state index is 6.04. The third-order valence-corrected chi connectivity index (χ3v) is 2.95. The van der Waals surface area contributed by atoms with E-state index in [9.17, 15) is 0 Å². The van der Waals surface area contributed by atoms with Gasteiger partial charge in [0, 0.05) is 17.1 Å². The van der Waals surface area contributed by atoms with Crippen molar-refractivity contribution in [1.29, 1.82) is 0 Å². The van der Waals surface area contributed by atoms with Crippen molar-refractivity contribution >= 4 is 15.9 Å². The molecule has 2 rings (SSSR count). The van der Waals surface area contributed by atoms with Crippen molar-refractivity contribution in [3.63, 3.8) is 0 Å². The summed E-state index contributed by atoms with van der Waals surface area (Å²) in [5.74, 6) is 0. The van der Waals surface area contributed by atoms with Gasteiger partial charge < -0.3 is 11.1 Å². The summed E-state index contributed by atoms with van der Waals surface area (Å²) < 4.78 is 1.13. The summed E-state index contributed by atoms with van der Waals surface area (Å²) in [4.78, 5) is 0. The molecule has 3 heteroatoms. The lowest BCUT2D eigenvalue weighted by Crippen LogP contribution is -2.14. The van der Waals surface area contributed by atoms with Gasteiger partial charge in [0.2, 0.25) is 0 Å². The van der Waals surface area contributed by atoms with Gasteiger partial charge in [0.15, 0.2) is 0 Å². The van der Waals surface area contributed by atoms with Crippen LogP contribution in [0.3, 0.4) is 0 Å². The molecule has 0 aromatic heterocycles. The summed E-state index contributed by atoms with van der Waals surface area (Å²) in [5, 5.41) is 3.36. The molecule has 0 bridgehead atoms. The number of nitrogens with two attached hydrogens (primary N) is 1. The van der Waals surface area contributed by atoms with Crippen LogP contribution < -0.4 is 11.1 Å². The second-order valence-electron chi connectivity index (χ2n) is 3.42. The van der Waals surface area contributed by atoms with Gasteiger partial charge in [-0.3, -0.25) is 0 Å². The molecule has 1 heterocycles. The topological polar surface area (TPSA) is 38.0 Å². The average Bonchev–Trinajstić information content (AvgIpc) is 2.28. The monoisotopic (exact) mass is 240 g/mol. The molecule has 0 saturated carbocycles. The number of rotatable bonds is 0. The van der Waals surface area contributed by atoms with Crippen molar-refractivity contribution in [2.75, 3.05) is 6.54 Å². The Labute approximate surface area is 86.6 Å². The number of halogens is 1. The Bertz CT molecular complexity index is 312. The highest BCUT2D eigenvalue weighted by Gasteiger charge is 2.14. The summed E-state index contributed by atoms with van der Waals surface area (Å²) in [5.41, 5.74) is 8.65. The highest BCUT2D eigenvalue weighted by atomic mass is 79.9. The minimum Gasteiger partial charge on any atom is -0.324 e. The zero-order chi connectivity index (χ0) is 9.26. The van der Waals surface area contributed by atoms with E-state index in [1.807, 2.05) is 0 Å². The van der Waals surface area contributed by atoms with E-state index in [0.29, 0.717) is 0 Å². The maximum atomic E-state index is 6.04. The van der Waals surface area contributed by atoms with Gasteiger partial charge in [-0.05, 0) is 36.2 Å². The van der Waals surface area contributed by atoms with Crippen molar-refractivity contribution in [3.05, 3.63) is 33.8 Å². The fraction of sp³-hybridized carbons (Fsp3) is 0.400. The van der Waals surface area contributed by atoms with Crippen molar-refractivity contribution in [2.45, 2.75) is 19.0 Å². The SMILES string of the molecule is NC1CCNCc2cc(Br)ccc21. The summed E-state index contributed by atoms with van der Waals surface area (Å²) >= 11 is 3.47. The van der Waals surface area contributed by atoms with Crippen LogP contribution in [0.25, 0.3) is 0 Å². The van der Waals surface area contributed by atoms with Crippen molar-refractivity contribution in [1.82, 2.24) is 5.32 Å². The number of benzene rings is 1. The number of nitrogens with one attached hydrogen (secondary N) is 1. The molecular weight excluding hydrogens is 228 g/mol. The fourth-order valence-electron chi connectivity index (χ4n) is 1.73. The minimum atomic E-state index is 0.193. The van der Waals surface area contributed by atoms with Gasteiger partial charge in [-0.15, -0.1) is 0 Å². The first-order chi connectivity index (χ1) is 6.27. The zero-order valence-electron chi connectivity index (χ0n) is 7.39. The molecule has 1 aromatic rings. The predicted octanol–water partition coefficient (Wildman–Crippen LogP) is 1.94. The Morgan fingerprint density at radius 1 is 1.46 bits per heavy atom. The molecular formula is C10H13BrN2.